The van der Waals surface area contributed by atoms with Crippen molar-refractivity contribution in [3.05, 3.63) is 47.3 Å². The molecule has 1 aromatic carbocycles. The first-order chi connectivity index (χ1) is 13.7. The molecular weight excluding hydrogens is 390 g/mol. The maximum atomic E-state index is 12.7. The Kier molecular flexibility index (Phi) is 7.66. The lowest BCUT2D eigenvalue weighted by atomic mass is 10.1. The van der Waals surface area contributed by atoms with Crippen molar-refractivity contribution >= 4 is 24.0 Å². The Labute approximate surface area is 178 Å². The van der Waals surface area contributed by atoms with Gasteiger partial charge in [-0.3, -0.25) is 14.4 Å². The average molecular weight is 420 g/mol. The highest BCUT2D eigenvalue weighted by Gasteiger charge is 2.18. The molecule has 0 radical (unpaired) electrons. The zero-order valence-electron chi connectivity index (χ0n) is 16.9. The summed E-state index contributed by atoms with van der Waals surface area (Å²) in [6, 6.07) is 8.40. The third kappa shape index (κ3) is 5.57. The highest BCUT2D eigenvalue weighted by atomic mass is 35.5. The summed E-state index contributed by atoms with van der Waals surface area (Å²) in [5.74, 6) is -0.158. The summed E-state index contributed by atoms with van der Waals surface area (Å²) < 4.78 is 7.34. The number of hydrogen-bond donors (Lipinski definition) is 2. The maximum Gasteiger partial charge on any atom is 0.276 e. The van der Waals surface area contributed by atoms with E-state index in [2.05, 4.69) is 38.8 Å². The van der Waals surface area contributed by atoms with E-state index >= 15 is 0 Å². The van der Waals surface area contributed by atoms with Crippen LogP contribution in [-0.2, 0) is 11.3 Å². The number of amides is 1. The first kappa shape index (κ1) is 21.8. The number of nitrogens with zero attached hydrogens (tertiary/aromatic N) is 3. The van der Waals surface area contributed by atoms with Crippen LogP contribution >= 0.6 is 12.4 Å². The third-order valence-corrected chi connectivity index (χ3v) is 5.55. The Balaban J connectivity index is 0.00000240. The number of piperidine rings is 1. The molecule has 0 bridgehead atoms. The molecule has 2 aliphatic heterocycles. The zero-order chi connectivity index (χ0) is 19.3. The van der Waals surface area contributed by atoms with Crippen molar-refractivity contribution in [1.82, 2.24) is 20.0 Å². The Morgan fingerprint density at radius 1 is 1.31 bits per heavy atom. The molecule has 158 valence electrons. The number of halogens is 1. The SMILES string of the molecule is Cc1ccc(CN2CCOCC2)cc1NC(=O)c1ccn(C2CCCNC2)n1.Cl. The van der Waals surface area contributed by atoms with E-state index < -0.39 is 0 Å². The van der Waals surface area contributed by atoms with Crippen LogP contribution in [-0.4, -0.2) is 60.0 Å². The Bertz CT molecular complexity index is 813. The Morgan fingerprint density at radius 3 is 2.90 bits per heavy atom. The van der Waals surface area contributed by atoms with Gasteiger partial charge in [0.25, 0.3) is 5.91 Å². The van der Waals surface area contributed by atoms with Gasteiger partial charge in [0.15, 0.2) is 5.69 Å². The second-order valence-electron chi connectivity index (χ2n) is 7.67. The minimum absolute atomic E-state index is 0. The molecule has 2 aromatic rings. The topological polar surface area (TPSA) is 71.4 Å². The fraction of sp³-hybridized carbons (Fsp3) is 0.524. The number of aromatic nitrogens is 2. The maximum absolute atomic E-state index is 12.7. The third-order valence-electron chi connectivity index (χ3n) is 5.55. The minimum Gasteiger partial charge on any atom is -0.379 e. The number of carbonyl (C=O) groups is 1. The Morgan fingerprint density at radius 2 is 2.14 bits per heavy atom. The molecule has 2 N–H and O–H groups in total. The standard InChI is InChI=1S/C21H29N5O2.ClH/c1-16-4-5-17(15-25-9-11-28-12-10-25)13-20(16)23-21(27)19-6-8-26(24-19)18-3-2-7-22-14-18;/h4-6,8,13,18,22H,2-3,7,9-12,14-15H2,1H3,(H,23,27);1H. The molecule has 0 spiro atoms. The lowest BCUT2D eigenvalue weighted by Gasteiger charge is -2.26. The van der Waals surface area contributed by atoms with Gasteiger partial charge >= 0.3 is 0 Å². The molecule has 8 heteroatoms. The van der Waals surface area contributed by atoms with Gasteiger partial charge in [0.2, 0.25) is 0 Å². The van der Waals surface area contributed by atoms with Crippen molar-refractivity contribution in [1.29, 1.82) is 0 Å². The number of aryl methyl sites for hydroxylation is 1. The van der Waals surface area contributed by atoms with E-state index in [0.29, 0.717) is 11.7 Å². The van der Waals surface area contributed by atoms with Crippen LogP contribution in [0.1, 0.15) is 40.5 Å². The van der Waals surface area contributed by atoms with Crippen molar-refractivity contribution in [3.63, 3.8) is 0 Å². The zero-order valence-corrected chi connectivity index (χ0v) is 17.7. The fourth-order valence-electron chi connectivity index (χ4n) is 3.83. The second-order valence-corrected chi connectivity index (χ2v) is 7.67. The van der Waals surface area contributed by atoms with Crippen LogP contribution in [0, 0.1) is 6.92 Å². The van der Waals surface area contributed by atoms with Crippen LogP contribution in [0.4, 0.5) is 5.69 Å². The number of morpholine rings is 1. The monoisotopic (exact) mass is 419 g/mol. The predicted octanol–water partition coefficient (Wildman–Crippen LogP) is 2.62. The number of nitrogens with one attached hydrogen (secondary N) is 2. The molecule has 1 aromatic heterocycles. The first-order valence-electron chi connectivity index (χ1n) is 10.2. The fourth-order valence-corrected chi connectivity index (χ4v) is 3.83. The average Bonchev–Trinajstić information content (AvgIpc) is 3.22. The van der Waals surface area contributed by atoms with Gasteiger partial charge in [-0.1, -0.05) is 12.1 Å². The number of anilines is 1. The molecule has 2 saturated heterocycles. The van der Waals surface area contributed by atoms with Gasteiger partial charge in [-0.15, -0.1) is 12.4 Å². The van der Waals surface area contributed by atoms with Gasteiger partial charge in [0.05, 0.1) is 19.3 Å². The van der Waals surface area contributed by atoms with Crippen molar-refractivity contribution in [2.45, 2.75) is 32.4 Å². The van der Waals surface area contributed by atoms with Crippen molar-refractivity contribution < 1.29 is 9.53 Å². The normalized spacial score (nSPS) is 20.1. The summed E-state index contributed by atoms with van der Waals surface area (Å²) >= 11 is 0. The van der Waals surface area contributed by atoms with E-state index in [1.54, 1.807) is 6.07 Å². The molecule has 1 atom stereocenters. The van der Waals surface area contributed by atoms with Crippen LogP contribution in [0.25, 0.3) is 0 Å². The summed E-state index contributed by atoms with van der Waals surface area (Å²) in [6.07, 6.45) is 4.15. The molecule has 0 saturated carbocycles. The van der Waals surface area contributed by atoms with Crippen LogP contribution in [0.2, 0.25) is 0 Å². The Hall–Kier alpha value is -1.93. The van der Waals surface area contributed by atoms with Gasteiger partial charge in [-0.2, -0.15) is 5.10 Å². The van der Waals surface area contributed by atoms with Crippen LogP contribution in [0.15, 0.2) is 30.5 Å². The largest absolute Gasteiger partial charge is 0.379 e. The first-order valence-corrected chi connectivity index (χ1v) is 10.2. The molecule has 2 fully saturated rings. The van der Waals surface area contributed by atoms with Gasteiger partial charge < -0.3 is 15.4 Å². The number of hydrogen-bond acceptors (Lipinski definition) is 5. The molecular formula is C21H30ClN5O2. The van der Waals surface area contributed by atoms with Crippen molar-refractivity contribution in [2.24, 2.45) is 0 Å². The number of carbonyl (C=O) groups excluding carboxylic acids is 1. The van der Waals surface area contributed by atoms with Crippen molar-refractivity contribution in [2.75, 3.05) is 44.7 Å². The van der Waals surface area contributed by atoms with E-state index in [1.807, 2.05) is 17.8 Å². The number of rotatable bonds is 5. The minimum atomic E-state index is -0.158. The highest BCUT2D eigenvalue weighted by molar-refractivity contribution is 6.03. The molecule has 2 aliphatic rings. The molecule has 4 rings (SSSR count). The smallest absolute Gasteiger partial charge is 0.276 e. The number of benzene rings is 1. The lowest BCUT2D eigenvalue weighted by molar-refractivity contribution is 0.0342. The van der Waals surface area contributed by atoms with E-state index in [9.17, 15) is 4.79 Å². The van der Waals surface area contributed by atoms with E-state index in [-0.39, 0.29) is 18.3 Å². The predicted molar refractivity (Wildman–Crippen MR) is 116 cm³/mol. The van der Waals surface area contributed by atoms with Gasteiger partial charge in [-0.25, -0.2) is 0 Å². The van der Waals surface area contributed by atoms with Gasteiger partial charge in [-0.05, 0) is 49.6 Å². The van der Waals surface area contributed by atoms with Crippen LogP contribution in [0.3, 0.4) is 0 Å². The molecule has 3 heterocycles. The van der Waals surface area contributed by atoms with Gasteiger partial charge in [0, 0.05) is 38.1 Å². The lowest BCUT2D eigenvalue weighted by Crippen LogP contribution is -2.35. The summed E-state index contributed by atoms with van der Waals surface area (Å²) in [5, 5.41) is 11.0. The molecule has 7 nitrogen and oxygen atoms in total. The molecule has 1 unspecified atom stereocenters. The van der Waals surface area contributed by atoms with Gasteiger partial charge in [0.1, 0.15) is 0 Å². The van der Waals surface area contributed by atoms with Crippen LogP contribution < -0.4 is 10.6 Å². The summed E-state index contributed by atoms with van der Waals surface area (Å²) in [4.78, 5) is 15.1. The van der Waals surface area contributed by atoms with Crippen molar-refractivity contribution in [3.8, 4) is 0 Å². The number of ether oxygens (including phenoxy) is 1. The van der Waals surface area contributed by atoms with E-state index in [1.165, 1.54) is 5.56 Å². The second kappa shape index (κ2) is 10.2. The summed E-state index contributed by atoms with van der Waals surface area (Å²) in [7, 11) is 0. The molecule has 0 aliphatic carbocycles. The molecule has 29 heavy (non-hydrogen) atoms. The van der Waals surface area contributed by atoms with E-state index in [4.69, 9.17) is 4.74 Å². The van der Waals surface area contributed by atoms with Crippen LogP contribution in [0.5, 0.6) is 0 Å². The molecule has 1 amide bonds. The summed E-state index contributed by atoms with van der Waals surface area (Å²) in [6.45, 7) is 8.32. The van der Waals surface area contributed by atoms with E-state index in [0.717, 1.165) is 70.0 Å². The quantitative estimate of drug-likeness (QED) is 0.779. The highest BCUT2D eigenvalue weighted by Crippen LogP contribution is 2.20. The summed E-state index contributed by atoms with van der Waals surface area (Å²) in [5.41, 5.74) is 3.56.